The molecule has 0 fully saturated rings. The molecule has 154 valence electrons. The third-order valence-electron chi connectivity index (χ3n) is 4.73. The molecule has 0 atom stereocenters. The molecular weight excluding hydrogens is 402 g/mol. The second-order valence-corrected chi connectivity index (χ2v) is 6.99. The number of carbonyl (C=O) groups is 1. The number of aliphatic hydroxyl groups excluding tert-OH is 1. The van der Waals surface area contributed by atoms with Gasteiger partial charge < -0.3 is 15.4 Å². The first-order chi connectivity index (χ1) is 13.3. The predicted molar refractivity (Wildman–Crippen MR) is 110 cm³/mol. The standard InChI is InChI=1S/C21H20F2N2O3.ClH/c1-21(2,25-8-9-26)12-10-16(22)18(17(23)11-12)19(27)14-4-3-5-15-13(14)6-7-24-20(15)28;/h3-7,10-11,25-26H,8-9H2,1-2H3,(H,24,28);1H. The lowest BCUT2D eigenvalue weighted by Crippen LogP contribution is -2.38. The van der Waals surface area contributed by atoms with Crippen LogP contribution in [0.3, 0.4) is 0 Å². The lowest BCUT2D eigenvalue weighted by molar-refractivity contribution is 0.103. The number of hydrogen-bond acceptors (Lipinski definition) is 4. The van der Waals surface area contributed by atoms with Crippen molar-refractivity contribution in [3.8, 4) is 0 Å². The van der Waals surface area contributed by atoms with Crippen LogP contribution < -0.4 is 10.9 Å². The second kappa shape index (κ2) is 8.82. The molecule has 0 aliphatic rings. The minimum absolute atomic E-state index is 0. The summed E-state index contributed by atoms with van der Waals surface area (Å²) in [5, 5.41) is 12.5. The number of H-pyrrole nitrogens is 1. The van der Waals surface area contributed by atoms with Gasteiger partial charge in [0.1, 0.15) is 11.6 Å². The van der Waals surface area contributed by atoms with Crippen molar-refractivity contribution in [2.24, 2.45) is 0 Å². The van der Waals surface area contributed by atoms with Crippen LogP contribution in [0, 0.1) is 11.6 Å². The van der Waals surface area contributed by atoms with Gasteiger partial charge in [-0.1, -0.05) is 12.1 Å². The first-order valence-corrected chi connectivity index (χ1v) is 8.77. The predicted octanol–water partition coefficient (Wildman–Crippen LogP) is 3.28. The molecule has 3 rings (SSSR count). The molecule has 0 aliphatic heterocycles. The van der Waals surface area contributed by atoms with E-state index in [-0.39, 0.29) is 42.1 Å². The topological polar surface area (TPSA) is 82.2 Å². The highest BCUT2D eigenvalue weighted by Crippen LogP contribution is 2.27. The van der Waals surface area contributed by atoms with Gasteiger partial charge in [0.25, 0.3) is 5.56 Å². The van der Waals surface area contributed by atoms with Gasteiger partial charge in [0.05, 0.1) is 12.2 Å². The first kappa shape index (κ1) is 22.7. The Morgan fingerprint density at radius 1 is 1.14 bits per heavy atom. The third-order valence-corrected chi connectivity index (χ3v) is 4.73. The largest absolute Gasteiger partial charge is 0.395 e. The molecule has 5 nitrogen and oxygen atoms in total. The van der Waals surface area contributed by atoms with Crippen molar-refractivity contribution >= 4 is 29.0 Å². The summed E-state index contributed by atoms with van der Waals surface area (Å²) >= 11 is 0. The Bertz CT molecular complexity index is 1090. The summed E-state index contributed by atoms with van der Waals surface area (Å²) in [6, 6.07) is 8.21. The Labute approximate surface area is 172 Å². The van der Waals surface area contributed by atoms with Crippen LogP contribution in [0.25, 0.3) is 10.8 Å². The van der Waals surface area contributed by atoms with Crippen molar-refractivity contribution in [1.82, 2.24) is 10.3 Å². The summed E-state index contributed by atoms with van der Waals surface area (Å²) in [5.74, 6) is -2.81. The number of carbonyl (C=O) groups excluding carboxylic acids is 1. The summed E-state index contributed by atoms with van der Waals surface area (Å²) in [6.45, 7) is 3.57. The molecule has 8 heteroatoms. The zero-order valence-electron chi connectivity index (χ0n) is 15.9. The fraction of sp³-hybridized carbons (Fsp3) is 0.238. The molecule has 0 aliphatic carbocycles. The molecule has 0 radical (unpaired) electrons. The van der Waals surface area contributed by atoms with E-state index in [1.54, 1.807) is 13.8 Å². The SMILES string of the molecule is CC(C)(NCCO)c1cc(F)c(C(=O)c2cccc3c(=O)[nH]ccc23)c(F)c1.Cl. The summed E-state index contributed by atoms with van der Waals surface area (Å²) in [4.78, 5) is 27.3. The summed E-state index contributed by atoms with van der Waals surface area (Å²) in [5.41, 5.74) is -1.51. The number of benzene rings is 2. The highest BCUT2D eigenvalue weighted by molar-refractivity contribution is 6.16. The molecule has 0 unspecified atom stereocenters. The lowest BCUT2D eigenvalue weighted by Gasteiger charge is -2.27. The van der Waals surface area contributed by atoms with Crippen LogP contribution in [-0.2, 0) is 5.54 Å². The van der Waals surface area contributed by atoms with Gasteiger partial charge in [-0.3, -0.25) is 9.59 Å². The number of nitrogens with one attached hydrogen (secondary N) is 2. The van der Waals surface area contributed by atoms with Gasteiger partial charge in [-0.2, -0.15) is 0 Å². The highest BCUT2D eigenvalue weighted by atomic mass is 35.5. The maximum atomic E-state index is 14.8. The molecular formula is C21H21ClF2N2O3. The number of halogens is 3. The molecule has 29 heavy (non-hydrogen) atoms. The highest BCUT2D eigenvalue weighted by Gasteiger charge is 2.27. The number of aromatic nitrogens is 1. The van der Waals surface area contributed by atoms with Crippen molar-refractivity contribution in [3.05, 3.63) is 81.3 Å². The fourth-order valence-corrected chi connectivity index (χ4v) is 3.18. The van der Waals surface area contributed by atoms with Crippen molar-refractivity contribution in [2.75, 3.05) is 13.2 Å². The van der Waals surface area contributed by atoms with Crippen LogP contribution in [0.1, 0.15) is 35.3 Å². The van der Waals surface area contributed by atoms with Crippen molar-refractivity contribution in [2.45, 2.75) is 19.4 Å². The van der Waals surface area contributed by atoms with Gasteiger partial charge in [-0.05, 0) is 49.1 Å². The number of hydrogen-bond donors (Lipinski definition) is 3. The summed E-state index contributed by atoms with van der Waals surface area (Å²) in [7, 11) is 0. The number of ketones is 1. The van der Waals surface area contributed by atoms with E-state index >= 15 is 0 Å². The second-order valence-electron chi connectivity index (χ2n) is 6.99. The summed E-state index contributed by atoms with van der Waals surface area (Å²) in [6.07, 6.45) is 1.38. The van der Waals surface area contributed by atoms with Gasteiger partial charge >= 0.3 is 0 Å². The Morgan fingerprint density at radius 2 is 1.79 bits per heavy atom. The van der Waals surface area contributed by atoms with Crippen LogP contribution >= 0.6 is 12.4 Å². The van der Waals surface area contributed by atoms with E-state index < -0.39 is 28.5 Å². The zero-order chi connectivity index (χ0) is 20.5. The van der Waals surface area contributed by atoms with Crippen LogP contribution in [0.2, 0.25) is 0 Å². The molecule has 0 spiro atoms. The fourth-order valence-electron chi connectivity index (χ4n) is 3.18. The molecule has 1 aromatic heterocycles. The van der Waals surface area contributed by atoms with Gasteiger partial charge in [-0.15, -0.1) is 12.4 Å². The van der Waals surface area contributed by atoms with E-state index in [0.717, 1.165) is 12.1 Å². The van der Waals surface area contributed by atoms with E-state index in [1.807, 2.05) is 0 Å². The van der Waals surface area contributed by atoms with Crippen LogP contribution in [0.4, 0.5) is 8.78 Å². The van der Waals surface area contributed by atoms with E-state index in [1.165, 1.54) is 30.5 Å². The number of aromatic amines is 1. The van der Waals surface area contributed by atoms with Crippen molar-refractivity contribution < 1.29 is 18.7 Å². The molecule has 2 aromatic carbocycles. The van der Waals surface area contributed by atoms with E-state index in [4.69, 9.17) is 5.11 Å². The maximum absolute atomic E-state index is 14.8. The normalized spacial score (nSPS) is 11.3. The van der Waals surface area contributed by atoms with Gasteiger partial charge in [0.15, 0.2) is 5.78 Å². The average Bonchev–Trinajstić information content (AvgIpc) is 2.65. The minimum atomic E-state index is -0.985. The number of rotatable bonds is 6. The van der Waals surface area contributed by atoms with Crippen LogP contribution in [0.15, 0.2) is 47.4 Å². The van der Waals surface area contributed by atoms with Gasteiger partial charge in [0.2, 0.25) is 0 Å². The number of fused-ring (bicyclic) bond motifs is 1. The minimum Gasteiger partial charge on any atom is -0.395 e. The Hall–Kier alpha value is -2.61. The Kier molecular flexibility index (Phi) is 6.89. The molecule has 0 saturated carbocycles. The number of aliphatic hydroxyl groups is 1. The van der Waals surface area contributed by atoms with E-state index in [0.29, 0.717) is 10.9 Å². The Balaban J connectivity index is 0.00000300. The van der Waals surface area contributed by atoms with Gasteiger partial charge in [0, 0.05) is 29.2 Å². The zero-order valence-corrected chi connectivity index (χ0v) is 16.7. The average molecular weight is 423 g/mol. The molecule has 0 saturated heterocycles. The van der Waals surface area contributed by atoms with Crippen LogP contribution in [-0.4, -0.2) is 29.0 Å². The molecule has 3 aromatic rings. The van der Waals surface area contributed by atoms with E-state index in [2.05, 4.69) is 10.3 Å². The van der Waals surface area contributed by atoms with Crippen molar-refractivity contribution in [3.63, 3.8) is 0 Å². The molecule has 3 N–H and O–H groups in total. The van der Waals surface area contributed by atoms with E-state index in [9.17, 15) is 18.4 Å². The Morgan fingerprint density at radius 3 is 2.41 bits per heavy atom. The maximum Gasteiger partial charge on any atom is 0.255 e. The van der Waals surface area contributed by atoms with Crippen LogP contribution in [0.5, 0.6) is 0 Å². The molecule has 0 amide bonds. The summed E-state index contributed by atoms with van der Waals surface area (Å²) < 4.78 is 29.5. The lowest BCUT2D eigenvalue weighted by atomic mass is 9.90. The molecule has 0 bridgehead atoms. The number of pyridine rings is 1. The quantitative estimate of drug-likeness (QED) is 0.532. The monoisotopic (exact) mass is 422 g/mol. The smallest absolute Gasteiger partial charge is 0.255 e. The first-order valence-electron chi connectivity index (χ1n) is 8.77. The van der Waals surface area contributed by atoms with Crippen molar-refractivity contribution in [1.29, 1.82) is 0 Å². The third kappa shape index (κ3) is 4.37. The molecule has 1 heterocycles. The van der Waals surface area contributed by atoms with Gasteiger partial charge in [-0.25, -0.2) is 8.78 Å².